The Morgan fingerprint density at radius 3 is 2.56 bits per heavy atom. The minimum Gasteiger partial charge on any atom is -0.348 e. The maximum Gasteiger partial charge on any atom is 0.258 e. The van der Waals surface area contributed by atoms with E-state index in [-0.39, 0.29) is 11.6 Å². The summed E-state index contributed by atoms with van der Waals surface area (Å²) in [5.41, 5.74) is 1.40. The zero-order valence-electron chi connectivity index (χ0n) is 14.7. The average Bonchev–Trinajstić information content (AvgIpc) is 3.34. The molecule has 0 atom stereocenters. The second-order valence-electron chi connectivity index (χ2n) is 7.30. The zero-order chi connectivity index (χ0) is 18.6. The normalized spacial score (nSPS) is 22.6. The number of carbonyl (C=O) groups is 2. The van der Waals surface area contributed by atoms with Gasteiger partial charge in [0.25, 0.3) is 11.8 Å². The minimum atomic E-state index is -0.488. The van der Waals surface area contributed by atoms with Gasteiger partial charge in [0.15, 0.2) is 5.79 Å². The van der Waals surface area contributed by atoms with E-state index in [0.717, 1.165) is 31.2 Å². The first-order valence-corrected chi connectivity index (χ1v) is 9.21. The third-order valence-electron chi connectivity index (χ3n) is 5.78. The summed E-state index contributed by atoms with van der Waals surface area (Å²) in [5, 5.41) is 2.61. The van der Waals surface area contributed by atoms with Crippen LogP contribution < -0.4 is 5.32 Å². The van der Waals surface area contributed by atoms with Gasteiger partial charge in [0.05, 0.1) is 24.3 Å². The van der Waals surface area contributed by atoms with E-state index in [1.54, 1.807) is 12.3 Å². The monoisotopic (exact) mass is 370 g/mol. The Labute approximate surface area is 154 Å². The third kappa shape index (κ3) is 2.61. The zero-order valence-corrected chi connectivity index (χ0v) is 14.7. The highest BCUT2D eigenvalue weighted by atomic mass is 19.1. The Kier molecular flexibility index (Phi) is 3.70. The van der Waals surface area contributed by atoms with E-state index in [4.69, 9.17) is 9.47 Å². The molecule has 6 nitrogen and oxygen atoms in total. The number of amides is 2. The quantitative estimate of drug-likeness (QED) is 0.826. The number of hydrogen-bond acceptors (Lipinski definition) is 4. The number of benzene rings is 1. The minimum absolute atomic E-state index is 0.155. The smallest absolute Gasteiger partial charge is 0.258 e. The van der Waals surface area contributed by atoms with Crippen molar-refractivity contribution in [3.8, 4) is 0 Å². The molecule has 1 aromatic carbocycles. The molecule has 3 heterocycles. The standard InChI is InChI=1S/C20H19FN2O4/c21-15-2-1-3-16-18(15)14(13-10-17(24)22-19(13)25)11-23(16)12-4-6-20(7-5-12)26-8-9-27-20/h1-3,10-12H,4-9H2,(H,22,24,25). The van der Waals surface area contributed by atoms with Crippen LogP contribution in [0.1, 0.15) is 37.3 Å². The number of hydrogen-bond donors (Lipinski definition) is 1. The predicted molar refractivity (Wildman–Crippen MR) is 95.2 cm³/mol. The van der Waals surface area contributed by atoms with Crippen LogP contribution in [0.2, 0.25) is 0 Å². The Balaban J connectivity index is 1.56. The first kappa shape index (κ1) is 16.6. The molecule has 5 rings (SSSR count). The molecule has 2 aromatic rings. The lowest BCUT2D eigenvalue weighted by atomic mass is 9.90. The van der Waals surface area contributed by atoms with Gasteiger partial charge in [-0.05, 0) is 25.0 Å². The lowest BCUT2D eigenvalue weighted by molar-refractivity contribution is -0.181. The highest BCUT2D eigenvalue weighted by Gasteiger charge is 2.41. The number of carbonyl (C=O) groups excluding carboxylic acids is 2. The van der Waals surface area contributed by atoms with Crippen LogP contribution in [0.3, 0.4) is 0 Å². The molecule has 140 valence electrons. The summed E-state index contributed by atoms with van der Waals surface area (Å²) in [5.74, 6) is -1.82. The molecule has 1 N–H and O–H groups in total. The highest BCUT2D eigenvalue weighted by Crippen LogP contribution is 2.42. The summed E-state index contributed by atoms with van der Waals surface area (Å²) >= 11 is 0. The summed E-state index contributed by atoms with van der Waals surface area (Å²) in [6.45, 7) is 1.26. The number of halogens is 1. The first-order chi connectivity index (χ1) is 13.1. The number of nitrogens with one attached hydrogen (secondary N) is 1. The van der Waals surface area contributed by atoms with E-state index in [2.05, 4.69) is 5.32 Å². The van der Waals surface area contributed by atoms with Gasteiger partial charge in [-0.2, -0.15) is 0 Å². The van der Waals surface area contributed by atoms with Crippen molar-refractivity contribution >= 4 is 28.3 Å². The molecular formula is C20H19FN2O4. The van der Waals surface area contributed by atoms with Crippen LogP contribution in [0.15, 0.2) is 30.5 Å². The van der Waals surface area contributed by atoms with Crippen LogP contribution in [0.5, 0.6) is 0 Å². The summed E-state index contributed by atoms with van der Waals surface area (Å²) in [6.07, 6.45) is 6.28. The van der Waals surface area contributed by atoms with Gasteiger partial charge in [-0.15, -0.1) is 0 Å². The number of ether oxygens (including phenoxy) is 2. The van der Waals surface area contributed by atoms with Crippen molar-refractivity contribution < 1.29 is 23.5 Å². The van der Waals surface area contributed by atoms with E-state index in [0.29, 0.717) is 24.2 Å². The van der Waals surface area contributed by atoms with Crippen molar-refractivity contribution in [2.75, 3.05) is 13.2 Å². The molecule has 0 unspecified atom stereocenters. The van der Waals surface area contributed by atoms with Gasteiger partial charge in [0, 0.05) is 42.1 Å². The van der Waals surface area contributed by atoms with Crippen molar-refractivity contribution in [3.05, 3.63) is 41.9 Å². The molecule has 1 spiro atoms. The van der Waals surface area contributed by atoms with Crippen molar-refractivity contribution in [1.29, 1.82) is 0 Å². The fourth-order valence-electron chi connectivity index (χ4n) is 4.49. The molecule has 0 radical (unpaired) electrons. The Bertz CT molecular complexity index is 977. The maximum atomic E-state index is 14.6. The molecule has 1 aromatic heterocycles. The van der Waals surface area contributed by atoms with Gasteiger partial charge in [0.1, 0.15) is 5.82 Å². The summed E-state index contributed by atoms with van der Waals surface area (Å²) in [7, 11) is 0. The molecule has 7 heteroatoms. The van der Waals surface area contributed by atoms with Gasteiger partial charge >= 0.3 is 0 Å². The topological polar surface area (TPSA) is 69.6 Å². The molecular weight excluding hydrogens is 351 g/mol. The third-order valence-corrected chi connectivity index (χ3v) is 5.78. The Morgan fingerprint density at radius 1 is 1.15 bits per heavy atom. The first-order valence-electron chi connectivity index (χ1n) is 9.21. The van der Waals surface area contributed by atoms with Crippen LogP contribution in [0, 0.1) is 5.82 Å². The summed E-state index contributed by atoms with van der Waals surface area (Å²) in [6, 6.07) is 5.05. The van der Waals surface area contributed by atoms with Crippen molar-refractivity contribution in [1.82, 2.24) is 9.88 Å². The largest absolute Gasteiger partial charge is 0.348 e. The second-order valence-corrected chi connectivity index (χ2v) is 7.30. The number of fused-ring (bicyclic) bond motifs is 1. The van der Waals surface area contributed by atoms with Gasteiger partial charge in [-0.1, -0.05) is 6.07 Å². The molecule has 2 fully saturated rings. The molecule has 1 saturated heterocycles. The van der Waals surface area contributed by atoms with Gasteiger partial charge in [0.2, 0.25) is 0 Å². The lowest BCUT2D eigenvalue weighted by Crippen LogP contribution is -2.35. The fourth-order valence-corrected chi connectivity index (χ4v) is 4.49. The van der Waals surface area contributed by atoms with E-state index in [1.807, 2.05) is 10.6 Å². The van der Waals surface area contributed by atoms with Gasteiger partial charge in [-0.3, -0.25) is 14.9 Å². The molecule has 2 aliphatic heterocycles. The van der Waals surface area contributed by atoms with Crippen LogP contribution in [-0.4, -0.2) is 35.4 Å². The molecule has 1 saturated carbocycles. The van der Waals surface area contributed by atoms with Gasteiger partial charge < -0.3 is 14.0 Å². The molecule has 27 heavy (non-hydrogen) atoms. The van der Waals surface area contributed by atoms with E-state index < -0.39 is 23.4 Å². The van der Waals surface area contributed by atoms with E-state index in [1.165, 1.54) is 12.1 Å². The summed E-state index contributed by atoms with van der Waals surface area (Å²) in [4.78, 5) is 23.7. The Morgan fingerprint density at radius 2 is 1.89 bits per heavy atom. The van der Waals surface area contributed by atoms with Crippen LogP contribution in [0.4, 0.5) is 4.39 Å². The molecule has 2 amide bonds. The second kappa shape index (κ2) is 6.00. The van der Waals surface area contributed by atoms with Gasteiger partial charge in [-0.25, -0.2) is 4.39 Å². The maximum absolute atomic E-state index is 14.6. The lowest BCUT2D eigenvalue weighted by Gasteiger charge is -2.36. The van der Waals surface area contributed by atoms with Crippen LogP contribution in [0.25, 0.3) is 16.5 Å². The van der Waals surface area contributed by atoms with E-state index in [9.17, 15) is 14.0 Å². The van der Waals surface area contributed by atoms with Crippen LogP contribution in [-0.2, 0) is 19.1 Å². The number of nitrogens with zero attached hydrogens (tertiary/aromatic N) is 1. The predicted octanol–water partition coefficient (Wildman–Crippen LogP) is 2.68. The molecule has 3 aliphatic rings. The molecule has 1 aliphatic carbocycles. The van der Waals surface area contributed by atoms with Crippen molar-refractivity contribution in [2.24, 2.45) is 0 Å². The summed E-state index contributed by atoms with van der Waals surface area (Å²) < 4.78 is 28.3. The highest BCUT2D eigenvalue weighted by molar-refractivity contribution is 6.35. The average molecular weight is 370 g/mol. The number of rotatable bonds is 2. The SMILES string of the molecule is O=C1C=C(c2cn(C3CCC4(CC3)OCCO4)c3cccc(F)c23)C(=O)N1. The van der Waals surface area contributed by atoms with Crippen molar-refractivity contribution in [2.45, 2.75) is 37.5 Å². The fraction of sp³-hybridized carbons (Fsp3) is 0.400. The number of imide groups is 1. The Hall–Kier alpha value is -2.51. The van der Waals surface area contributed by atoms with E-state index >= 15 is 0 Å². The molecule has 0 bridgehead atoms. The van der Waals surface area contributed by atoms with Crippen LogP contribution >= 0.6 is 0 Å². The number of aromatic nitrogens is 1. The van der Waals surface area contributed by atoms with Crippen molar-refractivity contribution in [3.63, 3.8) is 0 Å².